The van der Waals surface area contributed by atoms with Crippen LogP contribution in [-0.2, 0) is 9.47 Å². The first kappa shape index (κ1) is 25.3. The molecule has 4 aliphatic carbocycles. The lowest BCUT2D eigenvalue weighted by Crippen LogP contribution is -2.64. The van der Waals surface area contributed by atoms with E-state index in [9.17, 15) is 30.6 Å². The molecule has 196 valence electrons. The van der Waals surface area contributed by atoms with Crippen molar-refractivity contribution in [3.05, 3.63) is 0 Å². The topological polar surface area (TPSA) is 140 Å². The molecule has 0 unspecified atom stereocenters. The van der Waals surface area contributed by atoms with Crippen LogP contribution in [-0.4, -0.2) is 85.8 Å². The Hall–Kier alpha value is -0.320. The fourth-order valence-electron chi connectivity index (χ4n) is 9.93. The van der Waals surface area contributed by atoms with E-state index in [4.69, 9.17) is 9.47 Å². The smallest absolute Gasteiger partial charge is 0.186 e. The molecule has 0 radical (unpaired) electrons. The minimum atomic E-state index is -1.47. The second-order valence-corrected chi connectivity index (χ2v) is 13.5. The van der Waals surface area contributed by atoms with Gasteiger partial charge in [0.1, 0.15) is 24.4 Å². The summed E-state index contributed by atoms with van der Waals surface area (Å²) in [6.07, 6.45) is -1.36. The third kappa shape index (κ3) is 3.63. The molecule has 0 aromatic rings. The van der Waals surface area contributed by atoms with Gasteiger partial charge in [0.15, 0.2) is 6.29 Å². The normalized spacial score (nSPS) is 58.8. The lowest BCUT2D eigenvalue weighted by Gasteiger charge is -2.66. The molecule has 0 aromatic carbocycles. The molecule has 5 rings (SSSR count). The number of aliphatic hydroxyl groups is 6. The average Bonchev–Trinajstić information content (AvgIpc) is 2.90. The van der Waals surface area contributed by atoms with Crippen LogP contribution in [0.2, 0.25) is 0 Å². The van der Waals surface area contributed by atoms with Crippen molar-refractivity contribution < 1.29 is 40.1 Å². The Morgan fingerprint density at radius 1 is 0.882 bits per heavy atom. The van der Waals surface area contributed by atoms with E-state index in [0.29, 0.717) is 18.8 Å². The van der Waals surface area contributed by atoms with E-state index in [1.807, 2.05) is 6.92 Å². The van der Waals surface area contributed by atoms with E-state index < -0.39 is 49.0 Å². The van der Waals surface area contributed by atoms with Crippen molar-refractivity contribution in [1.29, 1.82) is 0 Å². The first-order valence-electron chi connectivity index (χ1n) is 13.1. The average molecular weight is 485 g/mol. The van der Waals surface area contributed by atoms with Gasteiger partial charge in [0.05, 0.1) is 24.4 Å². The zero-order valence-corrected chi connectivity index (χ0v) is 20.9. The SMILES string of the molecule is CC1(C)C[C@H](O[C@@H]2O[C@H](CO)[C@@H](O)[C@@H](O)[C@H]2O)C[C@@]2(C)[C@H]1[C@H](O)C[C@]13C[C@@H](CC[C@@H]12)[C@@](C)(O)C3. The van der Waals surface area contributed by atoms with Crippen molar-refractivity contribution in [1.82, 2.24) is 0 Å². The predicted octanol–water partition coefficient (Wildman–Crippen LogP) is 0.936. The molecule has 13 atom stereocenters. The maximum atomic E-state index is 11.5. The molecule has 5 aliphatic rings. The second-order valence-electron chi connectivity index (χ2n) is 13.5. The van der Waals surface area contributed by atoms with Crippen LogP contribution in [0, 0.1) is 34.0 Å². The fraction of sp³-hybridized carbons (Fsp3) is 1.00. The third-order valence-corrected chi connectivity index (χ3v) is 10.7. The maximum absolute atomic E-state index is 11.5. The van der Waals surface area contributed by atoms with Crippen LogP contribution in [0.1, 0.15) is 72.6 Å². The summed E-state index contributed by atoms with van der Waals surface area (Å²) in [7, 11) is 0. The van der Waals surface area contributed by atoms with Gasteiger partial charge >= 0.3 is 0 Å². The summed E-state index contributed by atoms with van der Waals surface area (Å²) in [4.78, 5) is 0. The highest BCUT2D eigenvalue weighted by atomic mass is 16.7. The summed E-state index contributed by atoms with van der Waals surface area (Å²) in [6, 6.07) is 0. The molecule has 6 N–H and O–H groups in total. The Morgan fingerprint density at radius 2 is 1.59 bits per heavy atom. The predicted molar refractivity (Wildman–Crippen MR) is 122 cm³/mol. The molecule has 8 heteroatoms. The van der Waals surface area contributed by atoms with Crippen LogP contribution in [0.25, 0.3) is 0 Å². The Bertz CT molecular complexity index is 785. The van der Waals surface area contributed by atoms with Gasteiger partial charge in [0.25, 0.3) is 0 Å². The van der Waals surface area contributed by atoms with Gasteiger partial charge < -0.3 is 40.1 Å². The third-order valence-electron chi connectivity index (χ3n) is 10.7. The van der Waals surface area contributed by atoms with Crippen molar-refractivity contribution in [3.63, 3.8) is 0 Å². The molecule has 1 saturated heterocycles. The van der Waals surface area contributed by atoms with Crippen LogP contribution in [0.4, 0.5) is 0 Å². The number of fused-ring (bicyclic) bond motifs is 3. The number of ether oxygens (including phenoxy) is 2. The highest BCUT2D eigenvalue weighted by Crippen LogP contribution is 2.73. The van der Waals surface area contributed by atoms with Gasteiger partial charge in [-0.3, -0.25) is 0 Å². The van der Waals surface area contributed by atoms with Crippen molar-refractivity contribution in [2.45, 2.75) is 121 Å². The van der Waals surface area contributed by atoms with E-state index in [2.05, 4.69) is 20.8 Å². The number of aliphatic hydroxyl groups excluding tert-OH is 5. The second kappa shape index (κ2) is 8.09. The van der Waals surface area contributed by atoms with Gasteiger partial charge in [-0.2, -0.15) is 0 Å². The van der Waals surface area contributed by atoms with Crippen LogP contribution >= 0.6 is 0 Å². The summed E-state index contributed by atoms with van der Waals surface area (Å²) in [5.74, 6) is 0.736. The molecular weight excluding hydrogens is 440 g/mol. The molecule has 8 nitrogen and oxygen atoms in total. The first-order chi connectivity index (χ1) is 15.7. The summed E-state index contributed by atoms with van der Waals surface area (Å²) in [5.41, 5.74) is -1.21. The number of hydrogen-bond acceptors (Lipinski definition) is 8. The van der Waals surface area contributed by atoms with E-state index in [1.54, 1.807) is 0 Å². The van der Waals surface area contributed by atoms with Gasteiger partial charge in [-0.25, -0.2) is 0 Å². The lowest BCUT2D eigenvalue weighted by atomic mass is 9.40. The van der Waals surface area contributed by atoms with Gasteiger partial charge in [0.2, 0.25) is 0 Å². The van der Waals surface area contributed by atoms with Gasteiger partial charge in [0, 0.05) is 0 Å². The zero-order valence-electron chi connectivity index (χ0n) is 20.9. The minimum absolute atomic E-state index is 0.0712. The van der Waals surface area contributed by atoms with Crippen molar-refractivity contribution in [3.8, 4) is 0 Å². The van der Waals surface area contributed by atoms with Crippen molar-refractivity contribution in [2.75, 3.05) is 6.61 Å². The van der Waals surface area contributed by atoms with Crippen LogP contribution in [0.5, 0.6) is 0 Å². The largest absolute Gasteiger partial charge is 0.394 e. The molecule has 2 bridgehead atoms. The van der Waals surface area contributed by atoms with Crippen LogP contribution < -0.4 is 0 Å². The highest BCUT2D eigenvalue weighted by Gasteiger charge is 2.69. The quantitative estimate of drug-likeness (QED) is 0.325. The Balaban J connectivity index is 1.43. The van der Waals surface area contributed by atoms with E-state index in [1.165, 1.54) is 0 Å². The van der Waals surface area contributed by atoms with Crippen molar-refractivity contribution in [2.24, 2.45) is 34.0 Å². The summed E-state index contributed by atoms with van der Waals surface area (Å²) < 4.78 is 12.0. The Kier molecular flexibility index (Phi) is 6.03. The molecule has 0 amide bonds. The molecule has 1 heterocycles. The van der Waals surface area contributed by atoms with E-state index in [0.717, 1.165) is 32.1 Å². The molecule has 0 aromatic heterocycles. The first-order valence-corrected chi connectivity index (χ1v) is 13.1. The van der Waals surface area contributed by atoms with Gasteiger partial charge in [-0.1, -0.05) is 20.8 Å². The molecule has 34 heavy (non-hydrogen) atoms. The van der Waals surface area contributed by atoms with Crippen LogP contribution in [0.15, 0.2) is 0 Å². The Labute approximate surface area is 202 Å². The van der Waals surface area contributed by atoms with Gasteiger partial charge in [-0.05, 0) is 85.9 Å². The fourth-order valence-corrected chi connectivity index (χ4v) is 9.93. The standard InChI is InChI=1S/C26H44O8/c1-23(2)8-14(33-22-20(31)19(30)18(29)16(11-27)34-22)9-24(3)17-6-5-13-7-26(17,12-25(13,4)32)10-15(28)21(23)24/h13-22,27-32H,5-12H2,1-4H3/t13-,14+,15-,16-,17-,18-,19-,20-,21+,22-,24-,25+,26+/m1/s1. The number of rotatable bonds is 3. The lowest BCUT2D eigenvalue weighted by molar-refractivity contribution is -0.324. The monoisotopic (exact) mass is 484 g/mol. The molecular formula is C26H44O8. The number of hydrogen-bond donors (Lipinski definition) is 6. The maximum Gasteiger partial charge on any atom is 0.186 e. The molecule has 5 fully saturated rings. The van der Waals surface area contributed by atoms with Crippen LogP contribution in [0.3, 0.4) is 0 Å². The zero-order chi connectivity index (χ0) is 24.8. The van der Waals surface area contributed by atoms with Crippen molar-refractivity contribution >= 4 is 0 Å². The summed E-state index contributed by atoms with van der Waals surface area (Å²) >= 11 is 0. The molecule has 1 aliphatic heterocycles. The minimum Gasteiger partial charge on any atom is -0.394 e. The highest BCUT2D eigenvalue weighted by molar-refractivity contribution is 5.18. The summed E-state index contributed by atoms with van der Waals surface area (Å²) in [6.45, 7) is 8.11. The van der Waals surface area contributed by atoms with E-state index >= 15 is 0 Å². The molecule has 1 spiro atoms. The Morgan fingerprint density at radius 3 is 2.26 bits per heavy atom. The molecule has 4 saturated carbocycles. The van der Waals surface area contributed by atoms with E-state index in [-0.39, 0.29) is 34.2 Å². The van der Waals surface area contributed by atoms with Gasteiger partial charge in [-0.15, -0.1) is 0 Å². The summed E-state index contributed by atoms with van der Waals surface area (Å²) in [5, 5.41) is 63.1.